The molecule has 0 aliphatic rings. The minimum atomic E-state index is -0.833. The van der Waals surface area contributed by atoms with Crippen molar-refractivity contribution < 1.29 is 24.5 Å². The molecule has 0 spiro atoms. The number of aryl methyl sites for hydroxylation is 1. The van der Waals surface area contributed by atoms with Crippen molar-refractivity contribution in [2.75, 3.05) is 0 Å². The first kappa shape index (κ1) is 20.9. The number of fused-ring (bicyclic) bond motifs is 2. The maximum Gasteiger partial charge on any atom is 0.308 e. The van der Waals surface area contributed by atoms with E-state index in [2.05, 4.69) is 0 Å². The Balaban J connectivity index is 0.000000589. The maximum absolute atomic E-state index is 11.1. The molecule has 5 heteroatoms. The fourth-order valence-electron chi connectivity index (χ4n) is 3.44. The van der Waals surface area contributed by atoms with Crippen LogP contribution in [0.3, 0.4) is 0 Å². The number of carbonyl (C=O) groups is 2. The molecule has 0 unspecified atom stereocenters. The molecule has 30 heavy (non-hydrogen) atoms. The van der Waals surface area contributed by atoms with E-state index in [0.717, 1.165) is 45.2 Å². The van der Waals surface area contributed by atoms with Gasteiger partial charge in [-0.25, -0.2) is 0 Å². The average Bonchev–Trinajstić information content (AvgIpc) is 2.69. The summed E-state index contributed by atoms with van der Waals surface area (Å²) in [6.07, 6.45) is 0. The van der Waals surface area contributed by atoms with Gasteiger partial charge in [-0.2, -0.15) is 0 Å². The molecule has 152 valence electrons. The van der Waals surface area contributed by atoms with Gasteiger partial charge < -0.3 is 14.9 Å². The van der Waals surface area contributed by atoms with Gasteiger partial charge in [0.25, 0.3) is 5.97 Å². The van der Waals surface area contributed by atoms with Crippen molar-refractivity contribution in [3.8, 4) is 22.6 Å². The van der Waals surface area contributed by atoms with Gasteiger partial charge in [0.1, 0.15) is 11.5 Å². The van der Waals surface area contributed by atoms with Crippen molar-refractivity contribution in [1.82, 2.24) is 0 Å². The second-order valence-corrected chi connectivity index (χ2v) is 6.96. The van der Waals surface area contributed by atoms with Gasteiger partial charge in [0.15, 0.2) is 0 Å². The Kier molecular flexibility index (Phi) is 6.02. The van der Waals surface area contributed by atoms with Crippen molar-refractivity contribution in [3.63, 3.8) is 0 Å². The SMILES string of the molecule is CC(=O)O.CC(=O)Oc1ccc(-c2c3ccccc3c(O)c3cc(C)ccc23)cc1. The highest BCUT2D eigenvalue weighted by atomic mass is 16.5. The van der Waals surface area contributed by atoms with Crippen molar-refractivity contribution in [1.29, 1.82) is 0 Å². The van der Waals surface area contributed by atoms with E-state index in [4.69, 9.17) is 14.6 Å². The average molecular weight is 402 g/mol. The van der Waals surface area contributed by atoms with Crippen LogP contribution in [0.1, 0.15) is 19.4 Å². The molecular formula is C25H22O5. The lowest BCUT2D eigenvalue weighted by Crippen LogP contribution is -2.00. The first-order chi connectivity index (χ1) is 14.3. The molecule has 5 nitrogen and oxygen atoms in total. The molecule has 0 bridgehead atoms. The van der Waals surface area contributed by atoms with Gasteiger partial charge in [-0.1, -0.05) is 54.1 Å². The summed E-state index contributed by atoms with van der Waals surface area (Å²) < 4.78 is 5.14. The van der Waals surface area contributed by atoms with Crippen LogP contribution in [-0.2, 0) is 9.59 Å². The highest BCUT2D eigenvalue weighted by Crippen LogP contribution is 2.42. The summed E-state index contributed by atoms with van der Waals surface area (Å²) in [6, 6.07) is 21.4. The third-order valence-corrected chi connectivity index (χ3v) is 4.56. The van der Waals surface area contributed by atoms with Crippen LogP contribution in [0.15, 0.2) is 66.7 Å². The number of benzene rings is 4. The molecule has 2 N–H and O–H groups in total. The lowest BCUT2D eigenvalue weighted by atomic mass is 9.90. The summed E-state index contributed by atoms with van der Waals surface area (Å²) in [6.45, 7) is 4.48. The molecule has 0 amide bonds. The van der Waals surface area contributed by atoms with E-state index in [1.54, 1.807) is 12.1 Å². The predicted molar refractivity (Wildman–Crippen MR) is 118 cm³/mol. The van der Waals surface area contributed by atoms with Gasteiger partial charge in [-0.05, 0) is 47.0 Å². The minimum absolute atomic E-state index is 0.305. The summed E-state index contributed by atoms with van der Waals surface area (Å²) >= 11 is 0. The van der Waals surface area contributed by atoms with Crippen molar-refractivity contribution in [2.45, 2.75) is 20.8 Å². The highest BCUT2D eigenvalue weighted by Gasteiger charge is 2.15. The van der Waals surface area contributed by atoms with Gasteiger partial charge in [-0.15, -0.1) is 0 Å². The fraction of sp³-hybridized carbons (Fsp3) is 0.120. The Hall–Kier alpha value is -3.86. The molecule has 0 radical (unpaired) electrons. The van der Waals surface area contributed by atoms with Gasteiger partial charge in [-0.3, -0.25) is 9.59 Å². The summed E-state index contributed by atoms with van der Waals surface area (Å²) in [5.74, 6) is -0.349. The normalized spacial score (nSPS) is 10.4. The first-order valence-electron chi connectivity index (χ1n) is 9.40. The first-order valence-corrected chi connectivity index (χ1v) is 9.40. The largest absolute Gasteiger partial charge is 0.507 e. The van der Waals surface area contributed by atoms with E-state index in [9.17, 15) is 9.90 Å². The lowest BCUT2D eigenvalue weighted by molar-refractivity contribution is -0.134. The van der Waals surface area contributed by atoms with Gasteiger partial charge in [0.05, 0.1) is 0 Å². The molecule has 0 aliphatic carbocycles. The van der Waals surface area contributed by atoms with E-state index in [1.807, 2.05) is 61.5 Å². The van der Waals surface area contributed by atoms with Gasteiger partial charge in [0.2, 0.25) is 0 Å². The Morgan fingerprint density at radius 2 is 1.37 bits per heavy atom. The van der Waals surface area contributed by atoms with Crippen LogP contribution < -0.4 is 4.74 Å². The third-order valence-electron chi connectivity index (χ3n) is 4.56. The molecule has 0 aliphatic heterocycles. The molecule has 0 saturated carbocycles. The predicted octanol–water partition coefficient (Wildman–Crippen LogP) is 5.69. The molecule has 4 aromatic carbocycles. The van der Waals surface area contributed by atoms with Crippen LogP contribution in [0.5, 0.6) is 11.5 Å². The van der Waals surface area contributed by atoms with Crippen molar-refractivity contribution >= 4 is 33.5 Å². The highest BCUT2D eigenvalue weighted by molar-refractivity contribution is 6.16. The van der Waals surface area contributed by atoms with Crippen molar-refractivity contribution in [3.05, 3.63) is 72.3 Å². The number of phenolic OH excluding ortho intramolecular Hbond substituents is 1. The number of ether oxygens (including phenoxy) is 1. The van der Waals surface area contributed by atoms with E-state index in [-0.39, 0.29) is 5.97 Å². The quantitative estimate of drug-likeness (QED) is 0.256. The second-order valence-electron chi connectivity index (χ2n) is 6.96. The van der Waals surface area contributed by atoms with Crippen LogP contribution in [0.2, 0.25) is 0 Å². The van der Waals surface area contributed by atoms with Crippen molar-refractivity contribution in [2.24, 2.45) is 0 Å². The molecule has 0 fully saturated rings. The number of carboxylic acid groups (broad SMARTS) is 1. The molecule has 0 aromatic heterocycles. The molecule has 0 heterocycles. The molecule has 4 aromatic rings. The van der Waals surface area contributed by atoms with Gasteiger partial charge >= 0.3 is 5.97 Å². The number of hydrogen-bond donors (Lipinski definition) is 2. The number of aromatic hydroxyl groups is 1. The topological polar surface area (TPSA) is 83.8 Å². The lowest BCUT2D eigenvalue weighted by Gasteiger charge is -2.15. The fourth-order valence-corrected chi connectivity index (χ4v) is 3.44. The van der Waals surface area contributed by atoms with E-state index >= 15 is 0 Å². The Bertz CT molecular complexity index is 1240. The van der Waals surface area contributed by atoms with Crippen LogP contribution in [0.4, 0.5) is 0 Å². The zero-order valence-corrected chi connectivity index (χ0v) is 17.0. The number of hydrogen-bond acceptors (Lipinski definition) is 4. The zero-order chi connectivity index (χ0) is 21.8. The molecule has 4 rings (SSSR count). The number of aliphatic carboxylic acids is 1. The Morgan fingerprint density at radius 1 is 0.800 bits per heavy atom. The third kappa shape index (κ3) is 4.41. The number of phenols is 1. The summed E-state index contributed by atoms with van der Waals surface area (Å²) in [5.41, 5.74) is 3.16. The molecule has 0 atom stereocenters. The smallest absolute Gasteiger partial charge is 0.308 e. The molecule has 0 saturated heterocycles. The standard InChI is InChI=1S/C23H18O3.C2H4O2/c1-14-7-12-19-21(13-14)23(25)20-6-4-3-5-18(20)22(19)16-8-10-17(11-9-16)26-15(2)24;1-2(3)4/h3-13,25H,1-2H3;1H3,(H,3,4). The van der Waals surface area contributed by atoms with Crippen LogP contribution in [0, 0.1) is 6.92 Å². The number of esters is 1. The summed E-state index contributed by atoms with van der Waals surface area (Å²) in [7, 11) is 0. The van der Waals surface area contributed by atoms with Gasteiger partial charge in [0, 0.05) is 24.6 Å². The number of carboxylic acids is 1. The van der Waals surface area contributed by atoms with E-state index < -0.39 is 5.97 Å². The summed E-state index contributed by atoms with van der Waals surface area (Å²) in [4.78, 5) is 20.1. The van der Waals surface area contributed by atoms with E-state index in [1.165, 1.54) is 6.92 Å². The Labute approximate surface area is 174 Å². The van der Waals surface area contributed by atoms with Crippen LogP contribution >= 0.6 is 0 Å². The minimum Gasteiger partial charge on any atom is -0.507 e. The summed E-state index contributed by atoms with van der Waals surface area (Å²) in [5, 5.41) is 21.8. The van der Waals surface area contributed by atoms with E-state index in [0.29, 0.717) is 11.5 Å². The van der Waals surface area contributed by atoms with Crippen LogP contribution in [-0.4, -0.2) is 22.2 Å². The molecular weight excluding hydrogens is 380 g/mol. The Morgan fingerprint density at radius 3 is 1.97 bits per heavy atom. The number of carbonyl (C=O) groups excluding carboxylic acids is 1. The maximum atomic E-state index is 11.1. The second kappa shape index (κ2) is 8.66. The van der Waals surface area contributed by atoms with Crippen LogP contribution in [0.25, 0.3) is 32.7 Å². The number of rotatable bonds is 2. The monoisotopic (exact) mass is 402 g/mol. The zero-order valence-electron chi connectivity index (χ0n) is 17.0.